The molecule has 8 heteroatoms. The molecule has 2 aromatic carbocycles. The highest BCUT2D eigenvalue weighted by Gasteiger charge is 2.23. The Morgan fingerprint density at radius 3 is 2.73 bits per heavy atom. The van der Waals surface area contributed by atoms with Gasteiger partial charge >= 0.3 is 0 Å². The first-order chi connectivity index (χ1) is 16.0. The third-order valence-corrected chi connectivity index (χ3v) is 5.52. The van der Waals surface area contributed by atoms with Gasteiger partial charge in [0.15, 0.2) is 0 Å². The molecule has 4 aromatic rings. The normalized spacial score (nSPS) is 13.3. The minimum atomic E-state index is -0.167. The van der Waals surface area contributed by atoms with Crippen molar-refractivity contribution in [2.75, 3.05) is 5.32 Å². The molecule has 2 aromatic heterocycles. The maximum absolute atomic E-state index is 12.6. The summed E-state index contributed by atoms with van der Waals surface area (Å²) in [4.78, 5) is 41.2. The molecule has 3 N–H and O–H groups in total. The molecule has 1 fully saturated rings. The van der Waals surface area contributed by atoms with Gasteiger partial charge in [0.2, 0.25) is 5.95 Å². The number of benzene rings is 2. The summed E-state index contributed by atoms with van der Waals surface area (Å²) < 4.78 is 0. The number of hydrogen-bond acceptors (Lipinski definition) is 6. The van der Waals surface area contributed by atoms with Crippen molar-refractivity contribution < 1.29 is 4.79 Å². The van der Waals surface area contributed by atoms with Crippen LogP contribution in [0.5, 0.6) is 0 Å². The van der Waals surface area contributed by atoms with E-state index in [1.807, 2.05) is 38.1 Å². The molecule has 5 rings (SSSR count). The predicted octanol–water partition coefficient (Wildman–Crippen LogP) is 4.14. The van der Waals surface area contributed by atoms with E-state index >= 15 is 0 Å². The van der Waals surface area contributed by atoms with E-state index in [-0.39, 0.29) is 17.4 Å². The Labute approximate surface area is 190 Å². The Bertz CT molecular complexity index is 1410. The summed E-state index contributed by atoms with van der Waals surface area (Å²) in [6, 6.07) is 14.9. The van der Waals surface area contributed by atoms with Gasteiger partial charge in [-0.15, -0.1) is 0 Å². The first-order valence-corrected chi connectivity index (χ1v) is 11.0. The maximum Gasteiger partial charge on any atom is 0.258 e. The number of aromatic amines is 1. The van der Waals surface area contributed by atoms with Crippen LogP contribution < -0.4 is 16.2 Å². The summed E-state index contributed by atoms with van der Waals surface area (Å²) in [6.45, 7) is 3.98. The van der Waals surface area contributed by atoms with Gasteiger partial charge in [-0.1, -0.05) is 26.0 Å². The fraction of sp³-hybridized carbons (Fsp3) is 0.240. The minimum Gasteiger partial charge on any atom is -0.349 e. The Morgan fingerprint density at radius 2 is 1.94 bits per heavy atom. The van der Waals surface area contributed by atoms with Crippen molar-refractivity contribution in [3.63, 3.8) is 0 Å². The Kier molecular flexibility index (Phi) is 5.34. The van der Waals surface area contributed by atoms with Crippen molar-refractivity contribution in [2.45, 2.75) is 38.6 Å². The number of H-pyrrole nitrogens is 1. The Hall–Kier alpha value is -4.07. The predicted molar refractivity (Wildman–Crippen MR) is 128 cm³/mol. The quantitative estimate of drug-likeness (QED) is 0.415. The van der Waals surface area contributed by atoms with Crippen LogP contribution in [0.25, 0.3) is 22.2 Å². The van der Waals surface area contributed by atoms with Crippen LogP contribution in [0.15, 0.2) is 59.5 Å². The summed E-state index contributed by atoms with van der Waals surface area (Å²) in [5.41, 5.74) is 3.25. The fourth-order valence-electron chi connectivity index (χ4n) is 3.53. The number of rotatable bonds is 6. The van der Waals surface area contributed by atoms with Crippen LogP contribution in [0, 0.1) is 0 Å². The first-order valence-electron chi connectivity index (χ1n) is 11.0. The summed E-state index contributed by atoms with van der Waals surface area (Å²) in [5.74, 6) is 1.12. The molecule has 2 heterocycles. The molecule has 166 valence electrons. The van der Waals surface area contributed by atoms with Gasteiger partial charge < -0.3 is 15.6 Å². The zero-order valence-electron chi connectivity index (χ0n) is 18.4. The molecule has 1 saturated carbocycles. The van der Waals surface area contributed by atoms with Gasteiger partial charge in [-0.05, 0) is 49.2 Å². The molecule has 33 heavy (non-hydrogen) atoms. The highest BCUT2D eigenvalue weighted by molar-refractivity contribution is 5.95. The number of carbonyl (C=O) groups excluding carboxylic acids is 1. The van der Waals surface area contributed by atoms with Crippen molar-refractivity contribution in [3.8, 4) is 11.3 Å². The molecule has 0 aliphatic heterocycles. The van der Waals surface area contributed by atoms with Crippen LogP contribution in [-0.2, 0) is 0 Å². The molecule has 1 aliphatic carbocycles. The topological polar surface area (TPSA) is 113 Å². The number of anilines is 2. The molecule has 0 unspecified atom stereocenters. The average molecular weight is 441 g/mol. The Balaban J connectivity index is 1.41. The third-order valence-electron chi connectivity index (χ3n) is 5.52. The van der Waals surface area contributed by atoms with E-state index in [0.717, 1.165) is 24.1 Å². The molecule has 0 atom stereocenters. The van der Waals surface area contributed by atoms with E-state index in [9.17, 15) is 9.59 Å². The van der Waals surface area contributed by atoms with Crippen molar-refractivity contribution in [1.82, 2.24) is 25.3 Å². The number of hydrogen-bond donors (Lipinski definition) is 3. The highest BCUT2D eigenvalue weighted by atomic mass is 16.1. The molecule has 0 spiro atoms. The summed E-state index contributed by atoms with van der Waals surface area (Å²) in [7, 11) is 0. The standard InChI is InChI=1S/C25H24N6O2/c1-14(2)22-29-21-9-6-15(13-19(21)24(33)31-22)20-10-11-26-25(30-20)28-18-5-3-4-16(12-18)23(32)27-17-7-8-17/h3-6,9-14,17H,7-8H2,1-2H3,(H,27,32)(H,26,28,30)(H,29,31,33). The van der Waals surface area contributed by atoms with E-state index in [1.165, 1.54) is 0 Å². The third kappa shape index (κ3) is 4.59. The number of amides is 1. The molecule has 1 amide bonds. The molecule has 0 radical (unpaired) electrons. The SMILES string of the molecule is CC(C)c1nc2ccc(-c3ccnc(Nc4cccc(C(=O)NC5CC5)c4)n3)cc2c(=O)[nH]1. The van der Waals surface area contributed by atoms with Crippen LogP contribution in [0.2, 0.25) is 0 Å². The largest absolute Gasteiger partial charge is 0.349 e. The molecular weight excluding hydrogens is 416 g/mol. The minimum absolute atomic E-state index is 0.0774. The number of carbonyl (C=O) groups is 1. The monoisotopic (exact) mass is 440 g/mol. The van der Waals surface area contributed by atoms with Crippen LogP contribution in [0.1, 0.15) is 48.8 Å². The zero-order chi connectivity index (χ0) is 22.9. The second-order valence-corrected chi connectivity index (χ2v) is 8.56. The summed E-state index contributed by atoms with van der Waals surface area (Å²) >= 11 is 0. The van der Waals surface area contributed by atoms with E-state index < -0.39 is 0 Å². The van der Waals surface area contributed by atoms with E-state index in [1.54, 1.807) is 30.5 Å². The van der Waals surface area contributed by atoms with Gasteiger partial charge in [0.05, 0.1) is 16.6 Å². The van der Waals surface area contributed by atoms with E-state index in [0.29, 0.717) is 40.0 Å². The van der Waals surface area contributed by atoms with Crippen LogP contribution in [0.4, 0.5) is 11.6 Å². The highest BCUT2D eigenvalue weighted by Crippen LogP contribution is 2.24. The number of aromatic nitrogens is 4. The molecule has 8 nitrogen and oxygen atoms in total. The average Bonchev–Trinajstić information content (AvgIpc) is 3.63. The van der Waals surface area contributed by atoms with Gasteiger partial charge in [-0.2, -0.15) is 0 Å². The lowest BCUT2D eigenvalue weighted by molar-refractivity contribution is 0.0951. The van der Waals surface area contributed by atoms with Gasteiger partial charge in [0, 0.05) is 35.0 Å². The lowest BCUT2D eigenvalue weighted by Gasteiger charge is -2.10. The van der Waals surface area contributed by atoms with Crippen LogP contribution in [-0.4, -0.2) is 31.9 Å². The molecular formula is C25H24N6O2. The fourth-order valence-corrected chi connectivity index (χ4v) is 3.53. The van der Waals surface area contributed by atoms with Crippen molar-refractivity contribution >= 4 is 28.4 Å². The van der Waals surface area contributed by atoms with Crippen LogP contribution in [0.3, 0.4) is 0 Å². The number of nitrogens with one attached hydrogen (secondary N) is 3. The van der Waals surface area contributed by atoms with E-state index in [4.69, 9.17) is 0 Å². The van der Waals surface area contributed by atoms with Crippen molar-refractivity contribution in [2.24, 2.45) is 0 Å². The lowest BCUT2D eigenvalue weighted by Crippen LogP contribution is -2.25. The molecule has 0 bridgehead atoms. The van der Waals surface area contributed by atoms with Crippen molar-refractivity contribution in [1.29, 1.82) is 0 Å². The molecule has 1 aliphatic rings. The van der Waals surface area contributed by atoms with Crippen molar-refractivity contribution in [3.05, 3.63) is 76.5 Å². The first kappa shape index (κ1) is 20.8. The summed E-state index contributed by atoms with van der Waals surface area (Å²) in [6.07, 6.45) is 3.74. The number of nitrogens with zero attached hydrogens (tertiary/aromatic N) is 3. The maximum atomic E-state index is 12.6. The van der Waals surface area contributed by atoms with Gasteiger partial charge in [-0.3, -0.25) is 9.59 Å². The smallest absolute Gasteiger partial charge is 0.258 e. The zero-order valence-corrected chi connectivity index (χ0v) is 18.4. The second kappa shape index (κ2) is 8.46. The van der Waals surface area contributed by atoms with Gasteiger partial charge in [-0.25, -0.2) is 15.0 Å². The Morgan fingerprint density at radius 1 is 1.09 bits per heavy atom. The number of fused-ring (bicyclic) bond motifs is 1. The van der Waals surface area contributed by atoms with Gasteiger partial charge in [0.25, 0.3) is 11.5 Å². The second-order valence-electron chi connectivity index (χ2n) is 8.56. The lowest BCUT2D eigenvalue weighted by atomic mass is 10.1. The van der Waals surface area contributed by atoms with Crippen LogP contribution >= 0.6 is 0 Å². The molecule has 0 saturated heterocycles. The van der Waals surface area contributed by atoms with Gasteiger partial charge in [0.1, 0.15) is 5.82 Å². The summed E-state index contributed by atoms with van der Waals surface area (Å²) in [5, 5.41) is 6.67. The van der Waals surface area contributed by atoms with E-state index in [2.05, 4.69) is 30.6 Å².